The maximum Gasteiger partial charge on any atom is 0.347 e. The molecular formula is C19H32O3. The van der Waals surface area contributed by atoms with Crippen LogP contribution in [0.25, 0.3) is 0 Å². The fourth-order valence-corrected chi connectivity index (χ4v) is 5.34. The van der Waals surface area contributed by atoms with Crippen molar-refractivity contribution in [1.82, 2.24) is 0 Å². The normalized spacial score (nSPS) is 37.4. The van der Waals surface area contributed by atoms with Crippen LogP contribution in [-0.2, 0) is 14.6 Å². The maximum atomic E-state index is 12.2. The topological polar surface area (TPSA) is 35.5 Å². The van der Waals surface area contributed by atoms with Crippen molar-refractivity contribution in [2.24, 2.45) is 28.6 Å². The van der Waals surface area contributed by atoms with Crippen LogP contribution in [0.2, 0.25) is 0 Å². The first-order chi connectivity index (χ1) is 10.2. The van der Waals surface area contributed by atoms with E-state index in [2.05, 4.69) is 13.8 Å². The minimum Gasteiger partial charge on any atom is -0.297 e. The van der Waals surface area contributed by atoms with E-state index in [9.17, 15) is 4.79 Å². The molecule has 0 spiro atoms. The molecule has 0 aromatic carbocycles. The van der Waals surface area contributed by atoms with Crippen molar-refractivity contribution in [3.63, 3.8) is 0 Å². The van der Waals surface area contributed by atoms with Crippen LogP contribution in [0.3, 0.4) is 0 Å². The second kappa shape index (κ2) is 5.22. The molecule has 4 bridgehead atoms. The lowest BCUT2D eigenvalue weighted by Gasteiger charge is -2.61. The Bertz CT molecular complexity index is 414. The third-order valence-corrected chi connectivity index (χ3v) is 7.08. The molecule has 4 aliphatic rings. The summed E-state index contributed by atoms with van der Waals surface area (Å²) in [4.78, 5) is 23.3. The third-order valence-electron chi connectivity index (χ3n) is 7.08. The molecule has 0 amide bonds. The summed E-state index contributed by atoms with van der Waals surface area (Å²) in [5.41, 5.74) is -0.654. The number of hydrogen-bond donors (Lipinski definition) is 0. The molecule has 0 heterocycles. The molecule has 0 atom stereocenters. The standard InChI is InChI=1S/C19H32O3/c1-6-17(2,3)16(20)21-22-18(4,5)19-10-13-7-14(11-19)9-15(8-13)12-19/h13-15H,6-12H2,1-5H3. The van der Waals surface area contributed by atoms with Gasteiger partial charge in [-0.15, -0.1) is 0 Å². The van der Waals surface area contributed by atoms with Crippen molar-refractivity contribution in [3.05, 3.63) is 0 Å². The molecule has 4 saturated carbocycles. The Hall–Kier alpha value is -0.570. The molecule has 4 aliphatic carbocycles. The van der Waals surface area contributed by atoms with Crippen molar-refractivity contribution in [3.8, 4) is 0 Å². The maximum absolute atomic E-state index is 12.2. The number of hydrogen-bond acceptors (Lipinski definition) is 3. The highest BCUT2D eigenvalue weighted by Crippen LogP contribution is 2.64. The van der Waals surface area contributed by atoms with Gasteiger partial charge < -0.3 is 0 Å². The first kappa shape index (κ1) is 16.3. The minimum atomic E-state index is -0.475. The van der Waals surface area contributed by atoms with Gasteiger partial charge in [-0.05, 0) is 90.4 Å². The molecule has 4 fully saturated rings. The lowest BCUT2D eigenvalue weighted by molar-refractivity contribution is -0.366. The van der Waals surface area contributed by atoms with Crippen LogP contribution in [0, 0.1) is 28.6 Å². The highest BCUT2D eigenvalue weighted by molar-refractivity contribution is 5.75. The summed E-state index contributed by atoms with van der Waals surface area (Å²) in [5, 5.41) is 0. The predicted octanol–water partition coefficient (Wildman–Crippen LogP) is 4.89. The van der Waals surface area contributed by atoms with E-state index in [1.165, 1.54) is 38.5 Å². The van der Waals surface area contributed by atoms with Crippen LogP contribution in [0.4, 0.5) is 0 Å². The van der Waals surface area contributed by atoms with Gasteiger partial charge >= 0.3 is 5.97 Å². The van der Waals surface area contributed by atoms with Crippen molar-refractivity contribution in [2.75, 3.05) is 0 Å². The van der Waals surface area contributed by atoms with Gasteiger partial charge in [0.05, 0.1) is 5.41 Å². The van der Waals surface area contributed by atoms with Gasteiger partial charge in [0, 0.05) is 5.41 Å². The third kappa shape index (κ3) is 2.60. The zero-order chi connectivity index (χ0) is 16.2. The summed E-state index contributed by atoms with van der Waals surface area (Å²) in [6.07, 6.45) is 8.75. The van der Waals surface area contributed by atoms with Gasteiger partial charge in [-0.25, -0.2) is 4.79 Å². The minimum absolute atomic E-state index is 0.207. The van der Waals surface area contributed by atoms with Gasteiger partial charge in [-0.2, -0.15) is 4.89 Å². The van der Waals surface area contributed by atoms with E-state index in [0.717, 1.165) is 24.2 Å². The highest BCUT2D eigenvalue weighted by Gasteiger charge is 2.58. The van der Waals surface area contributed by atoms with E-state index in [0.29, 0.717) is 0 Å². The number of carbonyl (C=O) groups is 1. The van der Waals surface area contributed by atoms with E-state index < -0.39 is 5.41 Å². The lowest BCUT2D eigenvalue weighted by Crippen LogP contribution is -2.57. The van der Waals surface area contributed by atoms with Gasteiger partial charge in [0.1, 0.15) is 5.60 Å². The molecule has 0 unspecified atom stereocenters. The SMILES string of the molecule is CCC(C)(C)C(=O)OOC(C)(C)C12CC3CC(CC(C3)C1)C2. The zero-order valence-corrected chi connectivity index (χ0v) is 14.9. The molecule has 0 aromatic rings. The Morgan fingerprint density at radius 2 is 1.45 bits per heavy atom. The van der Waals surface area contributed by atoms with E-state index in [-0.39, 0.29) is 17.0 Å². The van der Waals surface area contributed by atoms with Crippen LogP contribution < -0.4 is 0 Å². The summed E-state index contributed by atoms with van der Waals surface area (Å²) in [5.74, 6) is 2.37. The summed E-state index contributed by atoms with van der Waals surface area (Å²) >= 11 is 0. The molecule has 126 valence electrons. The summed E-state index contributed by atoms with van der Waals surface area (Å²) in [6.45, 7) is 10.1. The zero-order valence-electron chi connectivity index (χ0n) is 14.9. The first-order valence-electron chi connectivity index (χ1n) is 9.07. The lowest BCUT2D eigenvalue weighted by atomic mass is 9.46. The van der Waals surface area contributed by atoms with Crippen molar-refractivity contribution >= 4 is 5.97 Å². The van der Waals surface area contributed by atoms with Crippen molar-refractivity contribution in [1.29, 1.82) is 0 Å². The largest absolute Gasteiger partial charge is 0.347 e. The average molecular weight is 308 g/mol. The van der Waals surface area contributed by atoms with Crippen LogP contribution in [0.1, 0.15) is 79.6 Å². The molecule has 0 N–H and O–H groups in total. The van der Waals surface area contributed by atoms with Crippen LogP contribution >= 0.6 is 0 Å². The molecule has 4 rings (SSSR count). The Morgan fingerprint density at radius 3 is 1.86 bits per heavy atom. The smallest absolute Gasteiger partial charge is 0.297 e. The van der Waals surface area contributed by atoms with Gasteiger partial charge in [0.25, 0.3) is 0 Å². The van der Waals surface area contributed by atoms with E-state index in [1.54, 1.807) is 0 Å². The molecular weight excluding hydrogens is 276 g/mol. The van der Waals surface area contributed by atoms with Gasteiger partial charge in [-0.1, -0.05) is 6.92 Å². The van der Waals surface area contributed by atoms with Crippen LogP contribution in [0.15, 0.2) is 0 Å². The molecule has 0 aromatic heterocycles. The Kier molecular flexibility index (Phi) is 3.87. The number of rotatable bonds is 5. The average Bonchev–Trinajstić information content (AvgIpc) is 2.43. The Labute approximate surface area is 135 Å². The van der Waals surface area contributed by atoms with Gasteiger partial charge in [0.15, 0.2) is 0 Å². The number of carbonyl (C=O) groups excluding carboxylic acids is 1. The fourth-order valence-electron chi connectivity index (χ4n) is 5.34. The van der Waals surface area contributed by atoms with Crippen LogP contribution in [0.5, 0.6) is 0 Å². The fraction of sp³-hybridized carbons (Fsp3) is 0.947. The molecule has 0 aliphatic heterocycles. The summed E-state index contributed by atoms with van der Waals surface area (Å²) in [7, 11) is 0. The second-order valence-corrected chi connectivity index (χ2v) is 9.40. The monoisotopic (exact) mass is 308 g/mol. The Balaban J connectivity index is 1.69. The predicted molar refractivity (Wildman–Crippen MR) is 85.9 cm³/mol. The van der Waals surface area contributed by atoms with E-state index in [4.69, 9.17) is 9.78 Å². The second-order valence-electron chi connectivity index (χ2n) is 9.40. The summed E-state index contributed by atoms with van der Waals surface area (Å²) < 4.78 is 0. The molecule has 0 radical (unpaired) electrons. The van der Waals surface area contributed by atoms with E-state index in [1.807, 2.05) is 20.8 Å². The van der Waals surface area contributed by atoms with Gasteiger partial charge in [0.2, 0.25) is 0 Å². The first-order valence-corrected chi connectivity index (χ1v) is 9.07. The molecule has 0 saturated heterocycles. The van der Waals surface area contributed by atoms with Crippen molar-refractivity contribution < 1.29 is 14.6 Å². The van der Waals surface area contributed by atoms with Crippen molar-refractivity contribution in [2.45, 2.75) is 85.2 Å². The summed E-state index contributed by atoms with van der Waals surface area (Å²) in [6, 6.07) is 0. The van der Waals surface area contributed by atoms with E-state index >= 15 is 0 Å². The molecule has 3 nitrogen and oxygen atoms in total. The molecule has 3 heteroatoms. The quantitative estimate of drug-likeness (QED) is 0.535. The Morgan fingerprint density at radius 1 is 1.00 bits per heavy atom. The van der Waals surface area contributed by atoms with Crippen LogP contribution in [-0.4, -0.2) is 11.6 Å². The molecule has 22 heavy (non-hydrogen) atoms. The highest BCUT2D eigenvalue weighted by atomic mass is 17.2. The van der Waals surface area contributed by atoms with Gasteiger partial charge in [-0.3, -0.25) is 4.89 Å².